The number of para-hydroxylation sites is 2. The Labute approximate surface area is 296 Å². The first-order valence-corrected chi connectivity index (χ1v) is 17.0. The van der Waals surface area contributed by atoms with Gasteiger partial charge in [0.05, 0.1) is 23.2 Å². The van der Waals surface area contributed by atoms with Gasteiger partial charge in [0.25, 0.3) is 0 Å². The quantitative estimate of drug-likeness (QED) is 0.174. The summed E-state index contributed by atoms with van der Waals surface area (Å²) in [5.74, 6) is 0. The molecule has 2 heterocycles. The standard InChI is InChI=1S/2C17H16NS.C5H12O2.Ir/c2*1-17(2,3)13-10-8-12(9-11-13)16-18-14-6-4-5-7-15(14)19-16;1-4(6)3-5(2)7;/h2*4-8,10-11H,1-3H3;4-7H,3H2,1-2H3;/q2*-1;;. The Balaban J connectivity index is 0.000000205. The van der Waals surface area contributed by atoms with Gasteiger partial charge in [-0.3, -0.25) is 9.97 Å². The normalized spacial score (nSPS) is 12.7. The van der Waals surface area contributed by atoms with Gasteiger partial charge in [-0.1, -0.05) is 65.8 Å². The van der Waals surface area contributed by atoms with Crippen LogP contribution in [0.1, 0.15) is 72.9 Å². The monoisotopic (exact) mass is 829 g/mol. The third-order valence-corrected chi connectivity index (χ3v) is 9.23. The summed E-state index contributed by atoms with van der Waals surface area (Å²) in [6, 6.07) is 36.0. The van der Waals surface area contributed by atoms with Gasteiger partial charge in [-0.15, -0.1) is 70.8 Å². The third-order valence-electron chi connectivity index (χ3n) is 7.09. The van der Waals surface area contributed by atoms with Crippen molar-refractivity contribution in [1.29, 1.82) is 0 Å². The molecule has 2 aromatic heterocycles. The Kier molecular flexibility index (Phi) is 13.4. The number of fused-ring (bicyclic) bond motifs is 2. The number of nitrogens with zero attached hydrogens (tertiary/aromatic N) is 2. The molecule has 1 radical (unpaired) electrons. The molecular formula is C39H44IrN2O2S2-2. The number of hydrogen-bond donors (Lipinski definition) is 2. The Hall–Kier alpha value is -2.77. The minimum atomic E-state index is -0.375. The molecule has 0 aliphatic heterocycles. The van der Waals surface area contributed by atoms with Gasteiger partial charge in [-0.05, 0) is 55.4 Å². The van der Waals surface area contributed by atoms with Crippen LogP contribution in [0.5, 0.6) is 0 Å². The van der Waals surface area contributed by atoms with Crippen LogP contribution in [0, 0.1) is 12.1 Å². The maximum Gasteiger partial charge on any atom is 0.0697 e. The van der Waals surface area contributed by atoms with Gasteiger partial charge in [-0.2, -0.15) is 22.7 Å². The number of aliphatic hydroxyl groups is 2. The van der Waals surface area contributed by atoms with Gasteiger partial charge in [0.1, 0.15) is 0 Å². The summed E-state index contributed by atoms with van der Waals surface area (Å²) in [7, 11) is 0. The molecule has 0 spiro atoms. The van der Waals surface area contributed by atoms with Crippen LogP contribution in [0.15, 0.2) is 84.9 Å². The molecule has 0 saturated carbocycles. The van der Waals surface area contributed by atoms with Gasteiger partial charge >= 0.3 is 0 Å². The Morgan fingerprint density at radius 3 is 1.24 bits per heavy atom. The fraction of sp³-hybridized carbons (Fsp3) is 0.333. The van der Waals surface area contributed by atoms with E-state index in [1.54, 1.807) is 36.5 Å². The van der Waals surface area contributed by atoms with E-state index in [2.05, 4.69) is 136 Å². The van der Waals surface area contributed by atoms with Crippen molar-refractivity contribution in [3.05, 3.63) is 108 Å². The van der Waals surface area contributed by atoms with Crippen LogP contribution in [0.2, 0.25) is 0 Å². The first-order valence-electron chi connectivity index (χ1n) is 15.3. The van der Waals surface area contributed by atoms with E-state index in [-0.39, 0.29) is 43.1 Å². The number of benzene rings is 4. The molecule has 245 valence electrons. The molecule has 4 nitrogen and oxygen atoms in total. The molecule has 0 fully saturated rings. The van der Waals surface area contributed by atoms with Crippen molar-refractivity contribution in [3.63, 3.8) is 0 Å². The average Bonchev–Trinajstić information content (AvgIpc) is 3.61. The zero-order valence-corrected chi connectivity index (χ0v) is 31.9. The predicted octanol–water partition coefficient (Wildman–Crippen LogP) is 10.3. The molecule has 0 aliphatic rings. The van der Waals surface area contributed by atoms with E-state index >= 15 is 0 Å². The van der Waals surface area contributed by atoms with E-state index in [0.29, 0.717) is 6.42 Å². The summed E-state index contributed by atoms with van der Waals surface area (Å²) in [5, 5.41) is 19.2. The van der Waals surface area contributed by atoms with E-state index in [1.807, 2.05) is 12.1 Å². The van der Waals surface area contributed by atoms with Crippen LogP contribution in [-0.2, 0) is 30.9 Å². The average molecular weight is 829 g/mol. The zero-order chi connectivity index (χ0) is 32.8. The molecular weight excluding hydrogens is 785 g/mol. The summed E-state index contributed by atoms with van der Waals surface area (Å²) >= 11 is 3.44. The van der Waals surface area contributed by atoms with Crippen LogP contribution in [-0.4, -0.2) is 32.4 Å². The number of aromatic nitrogens is 2. The first kappa shape index (κ1) is 37.7. The predicted molar refractivity (Wildman–Crippen MR) is 193 cm³/mol. The molecule has 2 atom stereocenters. The maximum atomic E-state index is 8.56. The van der Waals surface area contributed by atoms with Gasteiger partial charge < -0.3 is 10.2 Å². The second-order valence-corrected chi connectivity index (χ2v) is 15.5. The minimum Gasteiger partial charge on any atom is -0.393 e. The Morgan fingerprint density at radius 1 is 0.609 bits per heavy atom. The molecule has 6 aromatic rings. The molecule has 0 aliphatic carbocycles. The van der Waals surface area contributed by atoms with Crippen LogP contribution >= 0.6 is 22.7 Å². The molecule has 7 heteroatoms. The van der Waals surface area contributed by atoms with Gasteiger partial charge in [0, 0.05) is 39.5 Å². The van der Waals surface area contributed by atoms with Crippen molar-refractivity contribution in [3.8, 4) is 21.1 Å². The number of hydrogen-bond acceptors (Lipinski definition) is 6. The summed E-state index contributed by atoms with van der Waals surface area (Å²) in [5.41, 5.74) is 7.23. The molecule has 4 aromatic carbocycles. The van der Waals surface area contributed by atoms with Crippen LogP contribution in [0.3, 0.4) is 0 Å². The molecule has 2 N–H and O–H groups in total. The van der Waals surface area contributed by atoms with Crippen molar-refractivity contribution in [2.45, 2.75) is 84.8 Å². The minimum absolute atomic E-state index is 0. The Bertz CT molecular complexity index is 1590. The first-order chi connectivity index (χ1) is 21.2. The summed E-state index contributed by atoms with van der Waals surface area (Å²) in [6.07, 6.45) is -0.278. The smallest absolute Gasteiger partial charge is 0.0697 e. The summed E-state index contributed by atoms with van der Waals surface area (Å²) in [6.45, 7) is 16.6. The molecule has 2 unspecified atom stereocenters. The van der Waals surface area contributed by atoms with Gasteiger partial charge in [-0.25, -0.2) is 0 Å². The SMILES string of the molecule is CC(C)(C)c1c[c-]c(-c2nc3ccccc3s2)cc1.CC(C)(C)c1c[c-]c(-c2nc3ccccc3s2)cc1.CC(O)CC(C)O.[Ir]. The van der Waals surface area contributed by atoms with Crippen molar-refractivity contribution in [1.82, 2.24) is 9.97 Å². The molecule has 6 rings (SSSR count). The Morgan fingerprint density at radius 2 is 0.978 bits per heavy atom. The number of thiazole rings is 2. The van der Waals surface area contributed by atoms with E-state index in [1.165, 1.54) is 20.5 Å². The largest absolute Gasteiger partial charge is 0.393 e. The topological polar surface area (TPSA) is 66.2 Å². The second kappa shape index (κ2) is 16.4. The van der Waals surface area contributed by atoms with Gasteiger partial charge in [0.2, 0.25) is 0 Å². The fourth-order valence-electron chi connectivity index (χ4n) is 4.52. The van der Waals surface area contributed by atoms with Crippen molar-refractivity contribution < 1.29 is 30.3 Å². The summed E-state index contributed by atoms with van der Waals surface area (Å²) < 4.78 is 2.46. The molecule has 46 heavy (non-hydrogen) atoms. The summed E-state index contributed by atoms with van der Waals surface area (Å²) in [4.78, 5) is 9.32. The van der Waals surface area contributed by atoms with E-state index < -0.39 is 0 Å². The van der Waals surface area contributed by atoms with Crippen molar-refractivity contribution in [2.75, 3.05) is 0 Å². The van der Waals surface area contributed by atoms with E-state index in [0.717, 1.165) is 32.2 Å². The van der Waals surface area contributed by atoms with E-state index in [4.69, 9.17) is 10.2 Å². The molecule has 0 bridgehead atoms. The third kappa shape index (κ3) is 10.6. The van der Waals surface area contributed by atoms with Crippen LogP contribution < -0.4 is 0 Å². The van der Waals surface area contributed by atoms with Crippen molar-refractivity contribution >= 4 is 43.1 Å². The second-order valence-electron chi connectivity index (χ2n) is 13.4. The number of rotatable bonds is 4. The fourth-order valence-corrected chi connectivity index (χ4v) is 6.43. The molecule has 0 saturated heterocycles. The van der Waals surface area contributed by atoms with E-state index in [9.17, 15) is 0 Å². The number of aliphatic hydroxyl groups excluding tert-OH is 2. The van der Waals surface area contributed by atoms with Crippen molar-refractivity contribution in [2.24, 2.45) is 0 Å². The van der Waals surface area contributed by atoms with Crippen LogP contribution in [0.25, 0.3) is 41.6 Å². The van der Waals surface area contributed by atoms with Crippen LogP contribution in [0.4, 0.5) is 0 Å². The zero-order valence-electron chi connectivity index (χ0n) is 27.9. The van der Waals surface area contributed by atoms with Gasteiger partial charge in [0.15, 0.2) is 0 Å². The maximum absolute atomic E-state index is 8.56. The molecule has 0 amide bonds.